The van der Waals surface area contributed by atoms with Gasteiger partial charge in [-0.25, -0.2) is 0 Å². The maximum Gasteiger partial charge on any atom is 0.222 e. The molecule has 0 aliphatic heterocycles. The molecule has 0 saturated carbocycles. The maximum absolute atomic E-state index is 11.7. The Morgan fingerprint density at radius 1 is 1.14 bits per heavy atom. The molecule has 0 saturated heterocycles. The lowest BCUT2D eigenvalue weighted by Crippen LogP contribution is -2.36. The van der Waals surface area contributed by atoms with Crippen LogP contribution < -0.4 is 0 Å². The van der Waals surface area contributed by atoms with Gasteiger partial charge >= 0.3 is 0 Å². The smallest absolute Gasteiger partial charge is 0.222 e. The Hall–Kier alpha value is -0.570. The number of carbonyl (C=O) groups is 1. The first-order valence-electron chi connectivity index (χ1n) is 5.54. The van der Waals surface area contributed by atoms with Crippen molar-refractivity contribution >= 4 is 5.91 Å². The lowest BCUT2D eigenvalue weighted by molar-refractivity contribution is -0.131. The van der Waals surface area contributed by atoms with Gasteiger partial charge in [0.15, 0.2) is 0 Å². The van der Waals surface area contributed by atoms with Crippen LogP contribution in [0.4, 0.5) is 0 Å². The Labute approximate surface area is 88.1 Å². The largest absolute Gasteiger partial charge is 0.342 e. The lowest BCUT2D eigenvalue weighted by Gasteiger charge is -2.22. The number of unbranched alkanes of at least 4 members (excludes halogenated alkanes) is 1. The Kier molecular flexibility index (Phi) is 7.48. The fraction of sp³-hybridized carbons (Fsp3) is 0.909. The zero-order chi connectivity index (χ0) is 11.0. The van der Waals surface area contributed by atoms with Crippen molar-refractivity contribution in [3.8, 4) is 0 Å². The molecular weight excluding hydrogens is 176 g/mol. The molecule has 0 unspecified atom stereocenters. The molecule has 0 aromatic heterocycles. The van der Waals surface area contributed by atoms with Gasteiger partial charge in [-0.2, -0.15) is 0 Å². The van der Waals surface area contributed by atoms with Gasteiger partial charge in [0, 0.05) is 26.1 Å². The minimum atomic E-state index is 0.302. The lowest BCUT2D eigenvalue weighted by atomic mass is 10.2. The van der Waals surface area contributed by atoms with Crippen molar-refractivity contribution in [1.29, 1.82) is 0 Å². The van der Waals surface area contributed by atoms with E-state index < -0.39 is 0 Å². The van der Waals surface area contributed by atoms with Crippen LogP contribution >= 0.6 is 0 Å². The monoisotopic (exact) mass is 200 g/mol. The quantitative estimate of drug-likeness (QED) is 0.623. The first-order valence-corrected chi connectivity index (χ1v) is 5.54. The van der Waals surface area contributed by atoms with Gasteiger partial charge in [0.2, 0.25) is 5.91 Å². The number of carbonyl (C=O) groups excluding carboxylic acids is 1. The van der Waals surface area contributed by atoms with Crippen molar-refractivity contribution in [1.82, 2.24) is 9.80 Å². The van der Waals surface area contributed by atoms with E-state index >= 15 is 0 Å². The predicted molar refractivity (Wildman–Crippen MR) is 60.3 cm³/mol. The normalized spacial score (nSPS) is 10.6. The van der Waals surface area contributed by atoms with E-state index in [9.17, 15) is 4.79 Å². The van der Waals surface area contributed by atoms with Gasteiger partial charge in [-0.3, -0.25) is 4.79 Å². The van der Waals surface area contributed by atoms with Crippen molar-refractivity contribution < 1.29 is 4.79 Å². The molecule has 0 aromatic rings. The van der Waals surface area contributed by atoms with Crippen LogP contribution in [0.3, 0.4) is 0 Å². The number of amides is 1. The van der Waals surface area contributed by atoms with Crippen LogP contribution in [0.15, 0.2) is 0 Å². The maximum atomic E-state index is 11.7. The number of hydrogen-bond acceptors (Lipinski definition) is 2. The average molecular weight is 200 g/mol. The highest BCUT2D eigenvalue weighted by atomic mass is 16.2. The third-order valence-corrected chi connectivity index (χ3v) is 2.30. The Bertz CT molecular complexity index is 157. The summed E-state index contributed by atoms with van der Waals surface area (Å²) in [5.74, 6) is 0.302. The predicted octanol–water partition coefficient (Wildman–Crippen LogP) is 1.59. The van der Waals surface area contributed by atoms with Crippen LogP contribution in [0.5, 0.6) is 0 Å². The summed E-state index contributed by atoms with van der Waals surface area (Å²) in [4.78, 5) is 15.7. The Balaban J connectivity index is 3.80. The molecule has 0 aromatic carbocycles. The van der Waals surface area contributed by atoms with Gasteiger partial charge in [0.25, 0.3) is 0 Å². The van der Waals surface area contributed by atoms with Crippen LogP contribution in [0.25, 0.3) is 0 Å². The van der Waals surface area contributed by atoms with E-state index in [0.717, 1.165) is 32.5 Å². The fourth-order valence-electron chi connectivity index (χ4n) is 1.27. The summed E-state index contributed by atoms with van der Waals surface area (Å²) in [7, 11) is 4.06. The van der Waals surface area contributed by atoms with E-state index in [4.69, 9.17) is 0 Å². The summed E-state index contributed by atoms with van der Waals surface area (Å²) >= 11 is 0. The van der Waals surface area contributed by atoms with Gasteiger partial charge in [0.05, 0.1) is 0 Å². The molecule has 0 N–H and O–H groups in total. The van der Waals surface area contributed by atoms with Gasteiger partial charge in [0.1, 0.15) is 0 Å². The molecule has 0 rings (SSSR count). The number of nitrogens with zero attached hydrogens (tertiary/aromatic N) is 2. The molecule has 0 aliphatic rings. The van der Waals surface area contributed by atoms with E-state index in [0.29, 0.717) is 12.3 Å². The number of hydrogen-bond donors (Lipinski definition) is 0. The molecule has 0 radical (unpaired) electrons. The molecule has 84 valence electrons. The highest BCUT2D eigenvalue weighted by molar-refractivity contribution is 5.76. The van der Waals surface area contributed by atoms with E-state index in [1.54, 1.807) is 0 Å². The molecule has 0 spiro atoms. The van der Waals surface area contributed by atoms with Crippen molar-refractivity contribution in [3.05, 3.63) is 0 Å². The molecular formula is C11H24N2O. The van der Waals surface area contributed by atoms with Crippen molar-refractivity contribution in [2.75, 3.05) is 33.7 Å². The Morgan fingerprint density at radius 3 is 2.21 bits per heavy atom. The molecule has 0 atom stereocenters. The molecule has 0 aliphatic carbocycles. The standard InChI is InChI=1S/C11H24N2O/c1-5-7-8-11(14)13(6-2)10-9-12(3)4/h5-10H2,1-4H3. The molecule has 0 bridgehead atoms. The minimum absolute atomic E-state index is 0.302. The van der Waals surface area contributed by atoms with E-state index in [2.05, 4.69) is 11.8 Å². The second-order valence-electron chi connectivity index (χ2n) is 3.88. The highest BCUT2D eigenvalue weighted by Gasteiger charge is 2.10. The summed E-state index contributed by atoms with van der Waals surface area (Å²) < 4.78 is 0. The van der Waals surface area contributed by atoms with Gasteiger partial charge in [-0.05, 0) is 27.4 Å². The summed E-state index contributed by atoms with van der Waals surface area (Å²) in [6.45, 7) is 6.79. The van der Waals surface area contributed by atoms with Crippen LogP contribution in [0.2, 0.25) is 0 Å². The molecule has 0 heterocycles. The first-order chi connectivity index (χ1) is 6.61. The van der Waals surface area contributed by atoms with E-state index in [1.807, 2.05) is 25.9 Å². The first kappa shape index (κ1) is 13.4. The van der Waals surface area contributed by atoms with Crippen molar-refractivity contribution in [2.45, 2.75) is 33.1 Å². The summed E-state index contributed by atoms with van der Waals surface area (Å²) in [5.41, 5.74) is 0. The SMILES string of the molecule is CCCCC(=O)N(CC)CCN(C)C. The van der Waals surface area contributed by atoms with Crippen molar-refractivity contribution in [2.24, 2.45) is 0 Å². The highest BCUT2D eigenvalue weighted by Crippen LogP contribution is 2.00. The average Bonchev–Trinajstić information content (AvgIpc) is 2.15. The third kappa shape index (κ3) is 5.97. The third-order valence-electron chi connectivity index (χ3n) is 2.30. The molecule has 14 heavy (non-hydrogen) atoms. The summed E-state index contributed by atoms with van der Waals surface area (Å²) in [6.07, 6.45) is 2.81. The number of likely N-dealkylation sites (N-methyl/N-ethyl adjacent to an activating group) is 2. The van der Waals surface area contributed by atoms with Crippen LogP contribution in [-0.2, 0) is 4.79 Å². The van der Waals surface area contributed by atoms with Crippen LogP contribution in [-0.4, -0.2) is 49.4 Å². The van der Waals surface area contributed by atoms with Crippen LogP contribution in [0.1, 0.15) is 33.1 Å². The molecule has 3 heteroatoms. The zero-order valence-corrected chi connectivity index (χ0v) is 10.0. The molecule has 1 amide bonds. The number of rotatable bonds is 7. The van der Waals surface area contributed by atoms with E-state index in [-0.39, 0.29) is 0 Å². The summed E-state index contributed by atoms with van der Waals surface area (Å²) in [5, 5.41) is 0. The van der Waals surface area contributed by atoms with Gasteiger partial charge in [-0.1, -0.05) is 13.3 Å². The second kappa shape index (κ2) is 7.80. The molecule has 3 nitrogen and oxygen atoms in total. The zero-order valence-electron chi connectivity index (χ0n) is 10.0. The second-order valence-corrected chi connectivity index (χ2v) is 3.88. The van der Waals surface area contributed by atoms with Gasteiger partial charge < -0.3 is 9.80 Å². The van der Waals surface area contributed by atoms with Crippen molar-refractivity contribution in [3.63, 3.8) is 0 Å². The topological polar surface area (TPSA) is 23.6 Å². The van der Waals surface area contributed by atoms with Gasteiger partial charge in [-0.15, -0.1) is 0 Å². The minimum Gasteiger partial charge on any atom is -0.342 e. The van der Waals surface area contributed by atoms with E-state index in [1.165, 1.54) is 0 Å². The summed E-state index contributed by atoms with van der Waals surface area (Å²) in [6, 6.07) is 0. The molecule has 0 fully saturated rings. The fourth-order valence-corrected chi connectivity index (χ4v) is 1.27. The van der Waals surface area contributed by atoms with Crippen LogP contribution in [0, 0.1) is 0 Å². The Morgan fingerprint density at radius 2 is 1.79 bits per heavy atom.